The van der Waals surface area contributed by atoms with Gasteiger partial charge in [-0.2, -0.15) is 18.4 Å². The Morgan fingerprint density at radius 2 is 1.89 bits per heavy atom. The molecule has 246 valence electrons. The van der Waals surface area contributed by atoms with Crippen LogP contribution in [-0.2, 0) is 32.3 Å². The number of quaternary nitrogens is 1. The van der Waals surface area contributed by atoms with E-state index in [2.05, 4.69) is 16.3 Å². The number of sulfonamides is 1. The molecule has 0 bridgehead atoms. The maximum absolute atomic E-state index is 13.6. The number of ether oxygens (including phenoxy) is 1. The molecule has 2 aromatic carbocycles. The number of fused-ring (bicyclic) bond motifs is 1. The van der Waals surface area contributed by atoms with E-state index < -0.39 is 39.5 Å². The summed E-state index contributed by atoms with van der Waals surface area (Å²) >= 11 is 0. The highest BCUT2D eigenvalue weighted by molar-refractivity contribution is 7.89. The molecule has 4 rings (SSSR count). The number of benzene rings is 2. The number of H-pyrrole nitrogens is 1. The van der Waals surface area contributed by atoms with Crippen LogP contribution in [0.4, 0.5) is 24.8 Å². The molecule has 16 heteroatoms. The molecule has 12 nitrogen and oxygen atoms in total. The number of nitrogens with one attached hydrogen (secondary N) is 1. The molecular formula is C30H35F3N7O5S+. The highest BCUT2D eigenvalue weighted by Crippen LogP contribution is 2.43. The molecule has 0 radical (unpaired) electrons. The topological polar surface area (TPSA) is 141 Å². The van der Waals surface area contributed by atoms with Crippen molar-refractivity contribution in [3.8, 4) is 6.07 Å². The van der Waals surface area contributed by atoms with E-state index in [0.29, 0.717) is 29.7 Å². The molecule has 0 aliphatic carbocycles. The Morgan fingerprint density at radius 1 is 1.20 bits per heavy atom. The second kappa shape index (κ2) is 12.7. The minimum absolute atomic E-state index is 0.0120. The standard InChI is InChI=1S/C30H34F3N7O5S/c1-19-25(27(41)45-6)26(39-28(35-36-29(39)42)38(19)23-10-7-9-22(16-23)30(31,32)33)24-12-11-20(17-34)15-21(24)18-40(4,5)13-8-14-46(43,44)37(2)3/h7,9-12,15-16,26H,8,13-14,18H2,1-6H3/p+1/t26-/m1/s1. The number of aromatic nitrogens is 3. The summed E-state index contributed by atoms with van der Waals surface area (Å²) in [5, 5.41) is 16.2. The SMILES string of the molecule is COC(=O)C1=C(C)N(c2cccc(C(F)(F)F)c2)c2n[nH]c(=O)n2[C@@H]1c1ccc(C#N)cc1C[N+](C)(C)CCCS(=O)(=O)N(C)C. The molecule has 1 N–H and O–H groups in total. The molecule has 0 amide bonds. The first-order chi connectivity index (χ1) is 21.4. The number of methoxy groups -OCH3 is 1. The van der Waals surface area contributed by atoms with Crippen molar-refractivity contribution in [2.24, 2.45) is 0 Å². The summed E-state index contributed by atoms with van der Waals surface area (Å²) in [5.41, 5.74) is -0.136. The maximum atomic E-state index is 13.6. The van der Waals surface area contributed by atoms with Crippen LogP contribution in [0, 0.1) is 11.3 Å². The molecular weight excluding hydrogens is 627 g/mol. The number of nitrogens with zero attached hydrogens (tertiary/aromatic N) is 6. The third-order valence-electron chi connectivity index (χ3n) is 7.87. The van der Waals surface area contributed by atoms with Crippen molar-refractivity contribution in [1.82, 2.24) is 19.1 Å². The monoisotopic (exact) mass is 662 g/mol. The molecule has 0 unspecified atom stereocenters. The van der Waals surface area contributed by atoms with Crippen LogP contribution >= 0.6 is 0 Å². The Bertz CT molecular complexity index is 1890. The zero-order valence-electron chi connectivity index (χ0n) is 26.2. The number of anilines is 2. The smallest absolute Gasteiger partial charge is 0.416 e. The second-order valence-corrected chi connectivity index (χ2v) is 14.1. The van der Waals surface area contributed by atoms with Gasteiger partial charge in [0.25, 0.3) is 0 Å². The lowest BCUT2D eigenvalue weighted by atomic mass is 9.89. The van der Waals surface area contributed by atoms with Crippen LogP contribution in [0.15, 0.2) is 58.5 Å². The zero-order chi connectivity index (χ0) is 34.2. The lowest BCUT2D eigenvalue weighted by Gasteiger charge is -2.37. The Labute approximate surface area is 264 Å². The molecule has 1 aromatic heterocycles. The van der Waals surface area contributed by atoms with E-state index >= 15 is 0 Å². The number of hydrogen-bond acceptors (Lipinski definition) is 8. The van der Waals surface area contributed by atoms with Crippen molar-refractivity contribution in [3.63, 3.8) is 0 Å². The van der Waals surface area contributed by atoms with Crippen molar-refractivity contribution in [2.45, 2.75) is 32.1 Å². The van der Waals surface area contributed by atoms with Gasteiger partial charge in [-0.3, -0.25) is 4.90 Å². The molecule has 0 saturated heterocycles. The van der Waals surface area contributed by atoms with Crippen LogP contribution in [0.2, 0.25) is 0 Å². The van der Waals surface area contributed by atoms with Crippen LogP contribution in [0.1, 0.15) is 41.6 Å². The minimum atomic E-state index is -4.65. The van der Waals surface area contributed by atoms with E-state index in [1.807, 2.05) is 14.1 Å². The molecule has 1 aliphatic rings. The van der Waals surface area contributed by atoms with Gasteiger partial charge >= 0.3 is 17.8 Å². The van der Waals surface area contributed by atoms with Crippen molar-refractivity contribution in [3.05, 3.63) is 86.5 Å². The normalized spacial score (nSPS) is 15.6. The summed E-state index contributed by atoms with van der Waals surface area (Å²) in [6.45, 7) is 2.24. The quantitative estimate of drug-likeness (QED) is 0.257. The summed E-state index contributed by atoms with van der Waals surface area (Å²) < 4.78 is 73.4. The van der Waals surface area contributed by atoms with Crippen LogP contribution < -0.4 is 10.6 Å². The maximum Gasteiger partial charge on any atom is 0.416 e. The van der Waals surface area contributed by atoms with Gasteiger partial charge in [-0.05, 0) is 42.8 Å². The van der Waals surface area contributed by atoms with Gasteiger partial charge in [0.15, 0.2) is 0 Å². The number of carbonyl (C=O) groups excluding carboxylic acids is 1. The first-order valence-corrected chi connectivity index (χ1v) is 15.7. The Morgan fingerprint density at radius 3 is 2.50 bits per heavy atom. The summed E-state index contributed by atoms with van der Waals surface area (Å²) in [6, 6.07) is 10.2. The second-order valence-electron chi connectivity index (χ2n) is 11.8. The van der Waals surface area contributed by atoms with Gasteiger partial charge in [0.05, 0.1) is 56.3 Å². The summed E-state index contributed by atoms with van der Waals surface area (Å²) in [6.07, 6.45) is -4.31. The molecule has 3 aromatic rings. The fraction of sp³-hybridized carbons (Fsp3) is 0.400. The van der Waals surface area contributed by atoms with E-state index in [1.54, 1.807) is 12.1 Å². The highest BCUT2D eigenvalue weighted by atomic mass is 32.2. The average Bonchev–Trinajstić information content (AvgIpc) is 3.35. The minimum Gasteiger partial charge on any atom is -0.466 e. The van der Waals surface area contributed by atoms with Gasteiger partial charge in [0.2, 0.25) is 16.0 Å². The fourth-order valence-electron chi connectivity index (χ4n) is 5.56. The number of allylic oxidation sites excluding steroid dienone is 1. The number of rotatable bonds is 10. The van der Waals surface area contributed by atoms with Crippen LogP contribution in [-0.4, -0.2) is 85.5 Å². The van der Waals surface area contributed by atoms with E-state index in [1.165, 1.54) is 48.7 Å². The Kier molecular flexibility index (Phi) is 9.53. The number of esters is 1. The van der Waals surface area contributed by atoms with Gasteiger partial charge in [-0.15, -0.1) is 5.10 Å². The predicted molar refractivity (Wildman–Crippen MR) is 163 cm³/mol. The molecule has 1 aliphatic heterocycles. The van der Waals surface area contributed by atoms with Gasteiger partial charge in [0, 0.05) is 37.5 Å². The highest BCUT2D eigenvalue weighted by Gasteiger charge is 2.41. The van der Waals surface area contributed by atoms with Crippen LogP contribution in [0.5, 0.6) is 0 Å². The average molecular weight is 663 g/mol. The largest absolute Gasteiger partial charge is 0.466 e. The number of halogens is 3. The molecule has 2 heterocycles. The van der Waals surface area contributed by atoms with Gasteiger partial charge in [-0.25, -0.2) is 32.0 Å². The Hall–Kier alpha value is -4.46. The van der Waals surface area contributed by atoms with Crippen LogP contribution in [0.25, 0.3) is 0 Å². The zero-order valence-corrected chi connectivity index (χ0v) is 27.0. The molecule has 0 fully saturated rings. The predicted octanol–water partition coefficient (Wildman–Crippen LogP) is 3.51. The van der Waals surface area contributed by atoms with E-state index in [0.717, 1.165) is 23.5 Å². The Balaban J connectivity index is 1.88. The van der Waals surface area contributed by atoms with Crippen molar-refractivity contribution in [2.75, 3.05) is 52.5 Å². The first-order valence-electron chi connectivity index (χ1n) is 14.1. The fourth-order valence-corrected chi connectivity index (χ4v) is 6.41. The molecule has 0 spiro atoms. The summed E-state index contributed by atoms with van der Waals surface area (Å²) in [5.74, 6) is -0.947. The van der Waals surface area contributed by atoms with E-state index in [9.17, 15) is 36.4 Å². The van der Waals surface area contributed by atoms with Crippen molar-refractivity contribution < 1.29 is 35.6 Å². The first kappa shape index (κ1) is 34.4. The third-order valence-corrected chi connectivity index (χ3v) is 9.78. The number of alkyl halides is 3. The number of hydrogen-bond donors (Lipinski definition) is 1. The van der Waals surface area contributed by atoms with Crippen molar-refractivity contribution in [1.29, 1.82) is 5.26 Å². The van der Waals surface area contributed by atoms with Crippen LogP contribution in [0.3, 0.4) is 0 Å². The summed E-state index contributed by atoms with van der Waals surface area (Å²) in [7, 11) is 4.45. The third kappa shape index (κ3) is 6.86. The van der Waals surface area contributed by atoms with Crippen molar-refractivity contribution >= 4 is 27.6 Å². The van der Waals surface area contributed by atoms with E-state index in [-0.39, 0.29) is 39.7 Å². The number of carbonyl (C=O) groups is 1. The molecule has 0 saturated carbocycles. The van der Waals surface area contributed by atoms with Gasteiger partial charge in [0.1, 0.15) is 12.6 Å². The molecule has 46 heavy (non-hydrogen) atoms. The number of aromatic amines is 1. The lowest BCUT2D eigenvalue weighted by Crippen LogP contribution is -2.42. The van der Waals surface area contributed by atoms with Gasteiger partial charge in [-0.1, -0.05) is 12.1 Å². The van der Waals surface area contributed by atoms with E-state index in [4.69, 9.17) is 4.74 Å². The van der Waals surface area contributed by atoms with Gasteiger partial charge < -0.3 is 9.22 Å². The lowest BCUT2D eigenvalue weighted by molar-refractivity contribution is -0.903. The number of nitriles is 1. The summed E-state index contributed by atoms with van der Waals surface area (Å²) in [4.78, 5) is 28.1. The molecule has 1 atom stereocenters.